The molecular weight excluding hydrogens is 276 g/mol. The first kappa shape index (κ1) is 13.1. The molecule has 5 nitrogen and oxygen atoms in total. The summed E-state index contributed by atoms with van der Waals surface area (Å²) in [6.45, 7) is 2.20. The molecule has 2 N–H and O–H groups in total. The van der Waals surface area contributed by atoms with Gasteiger partial charge in [0.25, 0.3) is 0 Å². The fourth-order valence-electron chi connectivity index (χ4n) is 2.33. The Bertz CT molecular complexity index is 622. The molecule has 1 aromatic carbocycles. The Morgan fingerprint density at radius 1 is 1.45 bits per heavy atom. The quantitative estimate of drug-likeness (QED) is 0.907. The van der Waals surface area contributed by atoms with Crippen LogP contribution in [0, 0.1) is 12.8 Å². The third kappa shape index (κ3) is 2.82. The summed E-state index contributed by atoms with van der Waals surface area (Å²) in [6.07, 6.45) is 0.889. The number of amides is 1. The van der Waals surface area contributed by atoms with E-state index in [0.29, 0.717) is 18.3 Å². The van der Waals surface area contributed by atoms with Gasteiger partial charge in [-0.3, -0.25) is 9.89 Å². The fourth-order valence-corrected chi connectivity index (χ4v) is 2.45. The van der Waals surface area contributed by atoms with Gasteiger partial charge < -0.3 is 5.32 Å². The Morgan fingerprint density at radius 2 is 2.20 bits per heavy atom. The zero-order valence-electron chi connectivity index (χ0n) is 11.1. The largest absolute Gasteiger partial charge is 0.348 e. The second-order valence-corrected chi connectivity index (χ2v) is 5.49. The number of H-pyrrole nitrogens is 1. The summed E-state index contributed by atoms with van der Waals surface area (Å²) < 4.78 is 0. The van der Waals surface area contributed by atoms with Crippen molar-refractivity contribution in [3.8, 4) is 0 Å². The SMILES string of the molecule is Cc1nc(CNC(=O)[C@H]2C[C@@H]2c2ccc(Cl)cc2)n[nH]1. The first-order chi connectivity index (χ1) is 9.63. The average molecular weight is 291 g/mol. The van der Waals surface area contributed by atoms with E-state index >= 15 is 0 Å². The van der Waals surface area contributed by atoms with Crippen LogP contribution in [0.2, 0.25) is 5.02 Å². The highest BCUT2D eigenvalue weighted by Crippen LogP contribution is 2.47. The van der Waals surface area contributed by atoms with E-state index in [1.165, 1.54) is 5.56 Å². The predicted molar refractivity (Wildman–Crippen MR) is 75.3 cm³/mol. The summed E-state index contributed by atoms with van der Waals surface area (Å²) in [6, 6.07) is 7.69. The Labute approximate surface area is 121 Å². The van der Waals surface area contributed by atoms with Crippen LogP contribution in [0.5, 0.6) is 0 Å². The molecule has 2 aromatic rings. The number of rotatable bonds is 4. The van der Waals surface area contributed by atoms with Crippen LogP contribution in [0.4, 0.5) is 0 Å². The lowest BCUT2D eigenvalue weighted by atomic mass is 10.1. The number of aryl methyl sites for hydroxylation is 1. The van der Waals surface area contributed by atoms with Crippen LogP contribution in [0.25, 0.3) is 0 Å². The van der Waals surface area contributed by atoms with Gasteiger partial charge in [0.1, 0.15) is 5.82 Å². The van der Waals surface area contributed by atoms with Gasteiger partial charge in [-0.1, -0.05) is 23.7 Å². The lowest BCUT2D eigenvalue weighted by molar-refractivity contribution is -0.122. The molecule has 0 spiro atoms. The summed E-state index contributed by atoms with van der Waals surface area (Å²) in [5.41, 5.74) is 1.17. The lowest BCUT2D eigenvalue weighted by Gasteiger charge is -2.02. The summed E-state index contributed by atoms with van der Waals surface area (Å²) in [4.78, 5) is 16.2. The molecule has 0 saturated heterocycles. The molecule has 0 bridgehead atoms. The number of hydrogen-bond donors (Lipinski definition) is 2. The Hall–Kier alpha value is -1.88. The van der Waals surface area contributed by atoms with Crippen molar-refractivity contribution < 1.29 is 4.79 Å². The number of hydrogen-bond acceptors (Lipinski definition) is 3. The molecule has 3 rings (SSSR count). The van der Waals surface area contributed by atoms with Gasteiger partial charge in [-0.25, -0.2) is 4.98 Å². The molecule has 1 heterocycles. The third-order valence-electron chi connectivity index (χ3n) is 3.49. The summed E-state index contributed by atoms with van der Waals surface area (Å²) >= 11 is 5.86. The van der Waals surface area contributed by atoms with E-state index < -0.39 is 0 Å². The molecule has 0 unspecified atom stereocenters. The van der Waals surface area contributed by atoms with E-state index in [9.17, 15) is 4.79 Å². The number of nitrogens with one attached hydrogen (secondary N) is 2. The molecule has 1 amide bonds. The molecule has 1 aliphatic carbocycles. The summed E-state index contributed by atoms with van der Waals surface area (Å²) in [7, 11) is 0. The number of nitrogens with zero attached hydrogens (tertiary/aromatic N) is 2. The second kappa shape index (κ2) is 5.25. The molecule has 1 aromatic heterocycles. The predicted octanol–water partition coefficient (Wildman–Crippen LogP) is 2.19. The van der Waals surface area contributed by atoms with E-state index in [4.69, 9.17) is 11.6 Å². The van der Waals surface area contributed by atoms with Crippen LogP contribution in [0.15, 0.2) is 24.3 Å². The van der Waals surface area contributed by atoms with Gasteiger partial charge in [-0.15, -0.1) is 0 Å². The van der Waals surface area contributed by atoms with Crippen LogP contribution in [0.1, 0.15) is 29.6 Å². The van der Waals surface area contributed by atoms with Crippen LogP contribution < -0.4 is 5.32 Å². The van der Waals surface area contributed by atoms with Gasteiger partial charge in [0.05, 0.1) is 6.54 Å². The minimum atomic E-state index is 0.0521. The first-order valence-corrected chi connectivity index (χ1v) is 6.92. The number of benzene rings is 1. The van der Waals surface area contributed by atoms with Crippen molar-refractivity contribution in [2.45, 2.75) is 25.8 Å². The standard InChI is InChI=1S/C14H15ClN4O/c1-8-17-13(19-18-8)7-16-14(20)12-6-11(12)9-2-4-10(15)5-3-9/h2-5,11-12H,6-7H2,1H3,(H,16,20)(H,17,18,19)/t11-,12+/m1/s1. The Morgan fingerprint density at radius 3 is 2.85 bits per heavy atom. The second-order valence-electron chi connectivity index (χ2n) is 5.06. The number of aromatic nitrogens is 3. The molecular formula is C14H15ClN4O. The maximum Gasteiger partial charge on any atom is 0.224 e. The fraction of sp³-hybridized carbons (Fsp3) is 0.357. The number of halogens is 1. The van der Waals surface area contributed by atoms with Crippen LogP contribution in [-0.4, -0.2) is 21.1 Å². The van der Waals surface area contributed by atoms with E-state index in [0.717, 1.165) is 17.3 Å². The smallest absolute Gasteiger partial charge is 0.224 e. The van der Waals surface area contributed by atoms with Gasteiger partial charge in [-0.05, 0) is 37.0 Å². The zero-order chi connectivity index (χ0) is 14.1. The van der Waals surface area contributed by atoms with Crippen molar-refractivity contribution in [3.05, 3.63) is 46.5 Å². The minimum absolute atomic E-state index is 0.0521. The van der Waals surface area contributed by atoms with Gasteiger partial charge in [0, 0.05) is 10.9 Å². The molecule has 1 fully saturated rings. The van der Waals surface area contributed by atoms with Crippen molar-refractivity contribution in [3.63, 3.8) is 0 Å². The van der Waals surface area contributed by atoms with Gasteiger partial charge in [0.2, 0.25) is 5.91 Å². The van der Waals surface area contributed by atoms with Crippen molar-refractivity contribution in [1.29, 1.82) is 0 Å². The topological polar surface area (TPSA) is 70.7 Å². The molecule has 1 saturated carbocycles. The normalized spacial score (nSPS) is 20.7. The van der Waals surface area contributed by atoms with Crippen molar-refractivity contribution in [1.82, 2.24) is 20.5 Å². The van der Waals surface area contributed by atoms with E-state index in [-0.39, 0.29) is 11.8 Å². The number of carbonyl (C=O) groups excluding carboxylic acids is 1. The van der Waals surface area contributed by atoms with Crippen molar-refractivity contribution in [2.24, 2.45) is 5.92 Å². The molecule has 104 valence electrons. The van der Waals surface area contributed by atoms with E-state index in [2.05, 4.69) is 20.5 Å². The highest BCUT2D eigenvalue weighted by molar-refractivity contribution is 6.30. The van der Waals surface area contributed by atoms with Crippen molar-refractivity contribution >= 4 is 17.5 Å². The summed E-state index contributed by atoms with van der Waals surface area (Å²) in [5, 5.41) is 10.3. The van der Waals surface area contributed by atoms with Gasteiger partial charge >= 0.3 is 0 Å². The van der Waals surface area contributed by atoms with E-state index in [1.807, 2.05) is 31.2 Å². The Balaban J connectivity index is 1.53. The monoisotopic (exact) mass is 290 g/mol. The molecule has 0 radical (unpaired) electrons. The maximum absolute atomic E-state index is 12.0. The highest BCUT2D eigenvalue weighted by Gasteiger charge is 2.43. The van der Waals surface area contributed by atoms with Crippen molar-refractivity contribution in [2.75, 3.05) is 0 Å². The Kier molecular flexibility index (Phi) is 3.44. The van der Waals surface area contributed by atoms with Gasteiger partial charge in [-0.2, -0.15) is 5.10 Å². The van der Waals surface area contributed by atoms with Crippen LogP contribution in [0.3, 0.4) is 0 Å². The summed E-state index contributed by atoms with van der Waals surface area (Å²) in [5.74, 6) is 1.78. The van der Waals surface area contributed by atoms with Crippen LogP contribution >= 0.6 is 11.6 Å². The lowest BCUT2D eigenvalue weighted by Crippen LogP contribution is -2.25. The minimum Gasteiger partial charge on any atom is -0.348 e. The average Bonchev–Trinajstić information content (AvgIpc) is 3.13. The highest BCUT2D eigenvalue weighted by atomic mass is 35.5. The van der Waals surface area contributed by atoms with Crippen LogP contribution in [-0.2, 0) is 11.3 Å². The van der Waals surface area contributed by atoms with E-state index in [1.54, 1.807) is 0 Å². The van der Waals surface area contributed by atoms with Gasteiger partial charge in [0.15, 0.2) is 5.82 Å². The molecule has 20 heavy (non-hydrogen) atoms. The molecule has 6 heteroatoms. The first-order valence-electron chi connectivity index (χ1n) is 6.54. The molecule has 1 aliphatic rings. The zero-order valence-corrected chi connectivity index (χ0v) is 11.8. The molecule has 2 atom stereocenters. The number of aromatic amines is 1. The third-order valence-corrected chi connectivity index (χ3v) is 3.74. The number of carbonyl (C=O) groups is 1. The molecule has 0 aliphatic heterocycles. The maximum atomic E-state index is 12.0.